The lowest BCUT2D eigenvalue weighted by Gasteiger charge is -2.27. The summed E-state index contributed by atoms with van der Waals surface area (Å²) in [5.74, 6) is 1.61. The number of aromatic amines is 1. The zero-order valence-corrected chi connectivity index (χ0v) is 13.6. The number of carbonyl (C=O) groups excluding carboxylic acids is 1. The Morgan fingerprint density at radius 1 is 1.22 bits per heavy atom. The number of nitrogens with one attached hydrogen (secondary N) is 1. The number of aryl methyl sites for hydroxylation is 1. The number of fused-ring (bicyclic) bond motifs is 1. The number of carbonyl (C=O) groups is 1. The van der Waals surface area contributed by atoms with Gasteiger partial charge in [0.2, 0.25) is 5.91 Å². The fourth-order valence-electron chi connectivity index (χ4n) is 3.01. The summed E-state index contributed by atoms with van der Waals surface area (Å²) in [5, 5.41) is 0. The molecule has 5 heteroatoms. The molecule has 1 aromatic heterocycles. The monoisotopic (exact) mass is 314 g/mol. The Morgan fingerprint density at radius 2 is 2.04 bits per heavy atom. The molecule has 3 rings (SSSR count). The lowest BCUT2D eigenvalue weighted by molar-refractivity contribution is -0.132. The van der Waals surface area contributed by atoms with Crippen LogP contribution in [0.2, 0.25) is 0 Å². The molecule has 0 saturated heterocycles. The molecule has 1 amide bonds. The van der Waals surface area contributed by atoms with E-state index in [0.29, 0.717) is 30.9 Å². The van der Waals surface area contributed by atoms with Crippen molar-refractivity contribution in [3.05, 3.63) is 47.3 Å². The number of amides is 1. The van der Waals surface area contributed by atoms with Gasteiger partial charge in [-0.15, -0.1) is 0 Å². The molecular weight excluding hydrogens is 292 g/mol. The maximum atomic E-state index is 12.4. The SMILES string of the molecule is COc1ccc(CCC(=O)N2CCc3[nH]ccc3C2)cc1OC. The first-order chi connectivity index (χ1) is 11.2. The number of benzene rings is 1. The summed E-state index contributed by atoms with van der Waals surface area (Å²) in [7, 11) is 3.24. The van der Waals surface area contributed by atoms with Gasteiger partial charge in [-0.05, 0) is 35.7 Å². The van der Waals surface area contributed by atoms with Gasteiger partial charge in [0.25, 0.3) is 0 Å². The number of hydrogen-bond acceptors (Lipinski definition) is 3. The van der Waals surface area contributed by atoms with Crippen molar-refractivity contribution in [1.29, 1.82) is 0 Å². The molecule has 0 aliphatic carbocycles. The van der Waals surface area contributed by atoms with Crippen molar-refractivity contribution in [2.45, 2.75) is 25.8 Å². The average molecular weight is 314 g/mol. The second-order valence-corrected chi connectivity index (χ2v) is 5.74. The Bertz CT molecular complexity index is 693. The van der Waals surface area contributed by atoms with Crippen molar-refractivity contribution in [3.63, 3.8) is 0 Å². The first-order valence-corrected chi connectivity index (χ1v) is 7.85. The lowest BCUT2D eigenvalue weighted by Crippen LogP contribution is -2.35. The number of hydrogen-bond donors (Lipinski definition) is 1. The van der Waals surface area contributed by atoms with Crippen LogP contribution >= 0.6 is 0 Å². The van der Waals surface area contributed by atoms with Crippen LogP contribution in [-0.2, 0) is 24.2 Å². The smallest absolute Gasteiger partial charge is 0.223 e. The zero-order chi connectivity index (χ0) is 16.2. The molecule has 0 fully saturated rings. The Kier molecular flexibility index (Phi) is 4.55. The summed E-state index contributed by atoms with van der Waals surface area (Å²) in [6, 6.07) is 7.86. The third-order valence-electron chi connectivity index (χ3n) is 4.35. The van der Waals surface area contributed by atoms with Crippen molar-refractivity contribution < 1.29 is 14.3 Å². The van der Waals surface area contributed by atoms with E-state index in [1.54, 1.807) is 14.2 Å². The number of H-pyrrole nitrogens is 1. The highest BCUT2D eigenvalue weighted by molar-refractivity contribution is 5.76. The largest absolute Gasteiger partial charge is 0.493 e. The molecule has 122 valence electrons. The molecule has 2 heterocycles. The predicted molar refractivity (Wildman–Crippen MR) is 87.8 cm³/mol. The van der Waals surface area contributed by atoms with E-state index in [-0.39, 0.29) is 5.91 Å². The third kappa shape index (κ3) is 3.33. The highest BCUT2D eigenvalue weighted by Crippen LogP contribution is 2.28. The van der Waals surface area contributed by atoms with E-state index < -0.39 is 0 Å². The van der Waals surface area contributed by atoms with E-state index >= 15 is 0 Å². The van der Waals surface area contributed by atoms with Gasteiger partial charge in [-0.1, -0.05) is 6.07 Å². The molecule has 0 bridgehead atoms. The van der Waals surface area contributed by atoms with Crippen LogP contribution in [0, 0.1) is 0 Å². The van der Waals surface area contributed by atoms with Crippen LogP contribution < -0.4 is 9.47 Å². The molecule has 1 aromatic carbocycles. The molecule has 0 unspecified atom stereocenters. The molecule has 0 saturated carbocycles. The van der Waals surface area contributed by atoms with Crippen LogP contribution in [0.25, 0.3) is 0 Å². The van der Waals surface area contributed by atoms with Gasteiger partial charge in [-0.2, -0.15) is 0 Å². The molecule has 2 aromatic rings. The summed E-state index contributed by atoms with van der Waals surface area (Å²) < 4.78 is 10.5. The van der Waals surface area contributed by atoms with Crippen molar-refractivity contribution in [2.75, 3.05) is 20.8 Å². The highest BCUT2D eigenvalue weighted by Gasteiger charge is 2.21. The van der Waals surface area contributed by atoms with Gasteiger partial charge in [0.1, 0.15) is 0 Å². The van der Waals surface area contributed by atoms with Crippen LogP contribution in [0.15, 0.2) is 30.5 Å². The summed E-state index contributed by atoms with van der Waals surface area (Å²) >= 11 is 0. The molecule has 1 N–H and O–H groups in total. The van der Waals surface area contributed by atoms with Gasteiger partial charge in [0.05, 0.1) is 14.2 Å². The van der Waals surface area contributed by atoms with Crippen LogP contribution in [-0.4, -0.2) is 36.6 Å². The minimum absolute atomic E-state index is 0.201. The lowest BCUT2D eigenvalue weighted by atomic mass is 10.1. The molecule has 1 aliphatic rings. The fraction of sp³-hybridized carbons (Fsp3) is 0.389. The van der Waals surface area contributed by atoms with Crippen molar-refractivity contribution >= 4 is 5.91 Å². The van der Waals surface area contributed by atoms with Crippen LogP contribution in [0.4, 0.5) is 0 Å². The fourth-order valence-corrected chi connectivity index (χ4v) is 3.01. The van der Waals surface area contributed by atoms with E-state index in [1.807, 2.05) is 29.3 Å². The quantitative estimate of drug-likeness (QED) is 0.923. The molecule has 0 radical (unpaired) electrons. The maximum Gasteiger partial charge on any atom is 0.223 e. The second kappa shape index (κ2) is 6.77. The van der Waals surface area contributed by atoms with Gasteiger partial charge in [0, 0.05) is 37.8 Å². The Labute approximate surface area is 136 Å². The summed E-state index contributed by atoms with van der Waals surface area (Å²) in [4.78, 5) is 17.6. The number of nitrogens with zero attached hydrogens (tertiary/aromatic N) is 1. The first kappa shape index (κ1) is 15.5. The second-order valence-electron chi connectivity index (χ2n) is 5.74. The Hall–Kier alpha value is -2.43. The standard InChI is InChI=1S/C18H22N2O3/c1-22-16-5-3-13(11-17(16)23-2)4-6-18(21)20-10-8-15-14(12-20)7-9-19-15/h3,5,7,9,11,19H,4,6,8,10,12H2,1-2H3. The number of methoxy groups -OCH3 is 2. The normalized spacial score (nSPS) is 13.6. The topological polar surface area (TPSA) is 54.6 Å². The van der Waals surface area contributed by atoms with E-state index in [1.165, 1.54) is 11.3 Å². The van der Waals surface area contributed by atoms with Gasteiger partial charge >= 0.3 is 0 Å². The van der Waals surface area contributed by atoms with E-state index in [9.17, 15) is 4.79 Å². The predicted octanol–water partition coefficient (Wildman–Crippen LogP) is 2.55. The number of rotatable bonds is 5. The minimum atomic E-state index is 0.201. The van der Waals surface area contributed by atoms with Gasteiger partial charge in [0.15, 0.2) is 11.5 Å². The molecule has 0 atom stereocenters. The van der Waals surface area contributed by atoms with E-state index in [0.717, 1.165) is 18.5 Å². The molecular formula is C18H22N2O3. The molecule has 5 nitrogen and oxygen atoms in total. The van der Waals surface area contributed by atoms with Crippen molar-refractivity contribution in [2.24, 2.45) is 0 Å². The molecule has 0 spiro atoms. The van der Waals surface area contributed by atoms with Crippen LogP contribution in [0.1, 0.15) is 23.2 Å². The molecule has 1 aliphatic heterocycles. The Balaban J connectivity index is 1.59. The number of ether oxygens (including phenoxy) is 2. The summed E-state index contributed by atoms with van der Waals surface area (Å²) in [6.07, 6.45) is 4.07. The molecule has 23 heavy (non-hydrogen) atoms. The van der Waals surface area contributed by atoms with Crippen LogP contribution in [0.3, 0.4) is 0 Å². The van der Waals surface area contributed by atoms with Crippen molar-refractivity contribution in [1.82, 2.24) is 9.88 Å². The summed E-state index contributed by atoms with van der Waals surface area (Å²) in [6.45, 7) is 1.50. The van der Waals surface area contributed by atoms with E-state index in [2.05, 4.69) is 11.1 Å². The zero-order valence-electron chi connectivity index (χ0n) is 13.6. The van der Waals surface area contributed by atoms with Crippen molar-refractivity contribution in [3.8, 4) is 11.5 Å². The highest BCUT2D eigenvalue weighted by atomic mass is 16.5. The first-order valence-electron chi connectivity index (χ1n) is 7.85. The Morgan fingerprint density at radius 3 is 2.83 bits per heavy atom. The average Bonchev–Trinajstić information content (AvgIpc) is 3.06. The maximum absolute atomic E-state index is 12.4. The van der Waals surface area contributed by atoms with Gasteiger partial charge in [-0.3, -0.25) is 4.79 Å². The third-order valence-corrected chi connectivity index (χ3v) is 4.35. The number of aromatic nitrogens is 1. The van der Waals surface area contributed by atoms with Gasteiger partial charge < -0.3 is 19.4 Å². The van der Waals surface area contributed by atoms with Gasteiger partial charge in [-0.25, -0.2) is 0 Å². The van der Waals surface area contributed by atoms with Crippen LogP contribution in [0.5, 0.6) is 11.5 Å². The summed E-state index contributed by atoms with van der Waals surface area (Å²) in [5.41, 5.74) is 3.57. The van der Waals surface area contributed by atoms with E-state index in [4.69, 9.17) is 9.47 Å². The minimum Gasteiger partial charge on any atom is -0.493 e.